The smallest absolute Gasteiger partial charge is 0.251 e. The molecule has 0 aliphatic carbocycles. The molecule has 8 nitrogen and oxygen atoms in total. The first-order valence-corrected chi connectivity index (χ1v) is 12.6. The summed E-state index contributed by atoms with van der Waals surface area (Å²) in [4.78, 5) is 26.6. The van der Waals surface area contributed by atoms with E-state index >= 15 is 0 Å². The van der Waals surface area contributed by atoms with Crippen LogP contribution in [0.2, 0.25) is 0 Å². The maximum Gasteiger partial charge on any atom is 0.251 e. The number of nitrogens with zero attached hydrogens (tertiary/aromatic N) is 6. The Morgan fingerprint density at radius 1 is 1.17 bits per heavy atom. The van der Waals surface area contributed by atoms with Gasteiger partial charge < -0.3 is 15.1 Å². The number of benzene rings is 1. The van der Waals surface area contributed by atoms with Crippen molar-refractivity contribution in [1.82, 2.24) is 29.8 Å². The van der Waals surface area contributed by atoms with Crippen LogP contribution in [0.4, 0.5) is 5.82 Å². The summed E-state index contributed by atoms with van der Waals surface area (Å²) >= 11 is 0. The molecule has 0 saturated carbocycles. The Bertz CT molecular complexity index is 1360. The summed E-state index contributed by atoms with van der Waals surface area (Å²) in [7, 11) is 3.97. The summed E-state index contributed by atoms with van der Waals surface area (Å²) in [5, 5.41) is 7.75. The van der Waals surface area contributed by atoms with E-state index in [1.807, 2.05) is 49.5 Å². The zero-order valence-corrected chi connectivity index (χ0v) is 21.2. The molecule has 5 rings (SSSR count). The number of nitrogens with one attached hydrogen (secondary N) is 1. The van der Waals surface area contributed by atoms with Gasteiger partial charge in [0.1, 0.15) is 5.82 Å². The Hall–Kier alpha value is -3.78. The van der Waals surface area contributed by atoms with Gasteiger partial charge in [0.05, 0.1) is 5.69 Å². The van der Waals surface area contributed by atoms with Crippen molar-refractivity contribution in [2.45, 2.75) is 32.2 Å². The highest BCUT2D eigenvalue weighted by Crippen LogP contribution is 2.26. The Morgan fingerprint density at radius 2 is 2.03 bits per heavy atom. The molecule has 1 aliphatic heterocycles. The quantitative estimate of drug-likeness (QED) is 0.412. The van der Waals surface area contributed by atoms with Crippen LogP contribution in [0.25, 0.3) is 16.9 Å². The molecule has 1 aliphatic rings. The van der Waals surface area contributed by atoms with E-state index in [1.54, 1.807) is 10.7 Å². The van der Waals surface area contributed by atoms with Crippen molar-refractivity contribution in [2.75, 3.05) is 38.6 Å². The third-order valence-electron chi connectivity index (χ3n) is 6.71. The van der Waals surface area contributed by atoms with Crippen LogP contribution in [0, 0.1) is 0 Å². The van der Waals surface area contributed by atoms with Gasteiger partial charge in [-0.3, -0.25) is 4.79 Å². The standard InChI is InChI=1S/C28H33N7O/c1-20-7-6-14-34(20)26-11-5-10-24(31-26)18-23-19-25(32-35-16-13-29-27(23)35)21-8-4-9-22(17-21)28(36)30-12-15-33(2)3/h4-5,8-11,13,16-17,19-20H,6-7,12,14-15,18H2,1-3H3,(H,30,36). The zero-order valence-electron chi connectivity index (χ0n) is 21.2. The molecular formula is C28H33N7O. The second-order valence-corrected chi connectivity index (χ2v) is 9.74. The molecule has 1 amide bonds. The summed E-state index contributed by atoms with van der Waals surface area (Å²) < 4.78 is 1.81. The normalized spacial score (nSPS) is 15.7. The van der Waals surface area contributed by atoms with Crippen molar-refractivity contribution in [1.29, 1.82) is 0 Å². The molecule has 1 aromatic carbocycles. The van der Waals surface area contributed by atoms with Gasteiger partial charge in [-0.2, -0.15) is 5.10 Å². The molecule has 4 aromatic rings. The van der Waals surface area contributed by atoms with Gasteiger partial charge in [-0.1, -0.05) is 18.2 Å². The first kappa shape index (κ1) is 23.9. The average Bonchev–Trinajstić information content (AvgIpc) is 3.53. The number of aromatic nitrogens is 4. The summed E-state index contributed by atoms with van der Waals surface area (Å²) in [6.07, 6.45) is 6.69. The molecule has 8 heteroatoms. The Kier molecular flexibility index (Phi) is 6.95. The lowest BCUT2D eigenvalue weighted by Gasteiger charge is -2.23. The number of likely N-dealkylation sites (N-methyl/N-ethyl adjacent to an activating group) is 1. The summed E-state index contributed by atoms with van der Waals surface area (Å²) in [5.41, 5.74) is 5.17. The number of imidazole rings is 1. The predicted molar refractivity (Wildman–Crippen MR) is 142 cm³/mol. The minimum atomic E-state index is -0.0835. The van der Waals surface area contributed by atoms with Crippen molar-refractivity contribution in [2.24, 2.45) is 0 Å². The number of carbonyl (C=O) groups excluding carboxylic acids is 1. The number of hydrogen-bond donors (Lipinski definition) is 1. The molecule has 0 radical (unpaired) electrons. The Labute approximate surface area is 212 Å². The SMILES string of the molecule is CC1CCCN1c1cccc(Cc2cc(-c3cccc(C(=O)NCCN(C)C)c3)nn3ccnc23)n1. The summed E-state index contributed by atoms with van der Waals surface area (Å²) in [5.74, 6) is 0.957. The molecular weight excluding hydrogens is 450 g/mol. The van der Waals surface area contributed by atoms with Gasteiger partial charge in [0.25, 0.3) is 5.91 Å². The molecule has 1 fully saturated rings. The lowest BCUT2D eigenvalue weighted by atomic mass is 10.0. The van der Waals surface area contributed by atoms with Gasteiger partial charge in [-0.05, 0) is 64.2 Å². The average molecular weight is 484 g/mol. The van der Waals surface area contributed by atoms with Crippen LogP contribution < -0.4 is 10.2 Å². The Morgan fingerprint density at radius 3 is 2.83 bits per heavy atom. The van der Waals surface area contributed by atoms with E-state index < -0.39 is 0 Å². The second-order valence-electron chi connectivity index (χ2n) is 9.74. The van der Waals surface area contributed by atoms with Crippen LogP contribution in [0.1, 0.15) is 41.4 Å². The van der Waals surface area contributed by atoms with Crippen LogP contribution in [0.15, 0.2) is 60.9 Å². The molecule has 4 heterocycles. The third-order valence-corrected chi connectivity index (χ3v) is 6.71. The molecule has 1 atom stereocenters. The summed E-state index contributed by atoms with van der Waals surface area (Å²) in [6.45, 7) is 4.71. The highest BCUT2D eigenvalue weighted by atomic mass is 16.1. The minimum Gasteiger partial charge on any atom is -0.354 e. The zero-order chi connectivity index (χ0) is 25.1. The number of pyridine rings is 1. The van der Waals surface area contributed by atoms with Crippen molar-refractivity contribution in [3.8, 4) is 11.3 Å². The van der Waals surface area contributed by atoms with Gasteiger partial charge in [-0.15, -0.1) is 0 Å². The maximum atomic E-state index is 12.7. The van der Waals surface area contributed by atoms with Crippen molar-refractivity contribution in [3.05, 3.63) is 77.7 Å². The van der Waals surface area contributed by atoms with Crippen molar-refractivity contribution >= 4 is 17.4 Å². The van der Waals surface area contributed by atoms with Gasteiger partial charge in [0.2, 0.25) is 0 Å². The number of fused-ring (bicyclic) bond motifs is 1. The lowest BCUT2D eigenvalue weighted by Crippen LogP contribution is -2.31. The van der Waals surface area contributed by atoms with Crippen LogP contribution in [-0.4, -0.2) is 70.2 Å². The van der Waals surface area contributed by atoms with E-state index in [0.29, 0.717) is 24.6 Å². The summed E-state index contributed by atoms with van der Waals surface area (Å²) in [6, 6.07) is 16.5. The Balaban J connectivity index is 1.42. The van der Waals surface area contributed by atoms with Crippen LogP contribution in [-0.2, 0) is 6.42 Å². The molecule has 1 unspecified atom stereocenters. The largest absolute Gasteiger partial charge is 0.354 e. The van der Waals surface area contributed by atoms with Crippen molar-refractivity contribution < 1.29 is 4.79 Å². The molecule has 1 saturated heterocycles. The molecule has 0 bridgehead atoms. The highest BCUT2D eigenvalue weighted by Gasteiger charge is 2.21. The number of amides is 1. The van der Waals surface area contributed by atoms with Gasteiger partial charge >= 0.3 is 0 Å². The number of anilines is 1. The first-order chi connectivity index (χ1) is 17.5. The van der Waals surface area contributed by atoms with Crippen LogP contribution >= 0.6 is 0 Å². The highest BCUT2D eigenvalue weighted by molar-refractivity contribution is 5.95. The van der Waals surface area contributed by atoms with E-state index in [4.69, 9.17) is 10.1 Å². The van der Waals surface area contributed by atoms with E-state index in [2.05, 4.69) is 46.4 Å². The molecule has 36 heavy (non-hydrogen) atoms. The topological polar surface area (TPSA) is 78.7 Å². The van der Waals surface area contributed by atoms with E-state index in [-0.39, 0.29) is 5.91 Å². The van der Waals surface area contributed by atoms with Gasteiger partial charge in [0.15, 0.2) is 5.65 Å². The number of hydrogen-bond acceptors (Lipinski definition) is 6. The van der Waals surface area contributed by atoms with Gasteiger partial charge in [0, 0.05) is 66.9 Å². The molecule has 3 aromatic heterocycles. The number of rotatable bonds is 8. The maximum absolute atomic E-state index is 12.7. The minimum absolute atomic E-state index is 0.0835. The fraction of sp³-hybridized carbons (Fsp3) is 0.357. The molecule has 0 spiro atoms. The van der Waals surface area contributed by atoms with Crippen LogP contribution in [0.5, 0.6) is 0 Å². The molecule has 186 valence electrons. The first-order valence-electron chi connectivity index (χ1n) is 12.6. The van der Waals surface area contributed by atoms with E-state index in [9.17, 15) is 4.79 Å². The van der Waals surface area contributed by atoms with Crippen molar-refractivity contribution in [3.63, 3.8) is 0 Å². The number of carbonyl (C=O) groups is 1. The second kappa shape index (κ2) is 10.5. The fourth-order valence-electron chi connectivity index (χ4n) is 4.76. The third kappa shape index (κ3) is 5.23. The van der Waals surface area contributed by atoms with E-state index in [1.165, 1.54) is 12.8 Å². The molecule has 1 N–H and O–H groups in total. The predicted octanol–water partition coefficient (Wildman–Crippen LogP) is 3.66. The monoisotopic (exact) mass is 483 g/mol. The van der Waals surface area contributed by atoms with E-state index in [0.717, 1.165) is 47.1 Å². The lowest BCUT2D eigenvalue weighted by molar-refractivity contribution is 0.0951. The van der Waals surface area contributed by atoms with Gasteiger partial charge in [-0.25, -0.2) is 14.5 Å². The van der Waals surface area contributed by atoms with Crippen LogP contribution in [0.3, 0.4) is 0 Å². The fourth-order valence-corrected chi connectivity index (χ4v) is 4.76.